The Hall–Kier alpha value is -1.98. The predicted molar refractivity (Wildman–Crippen MR) is 98.6 cm³/mol. The number of aryl methyl sites for hydroxylation is 1. The van der Waals surface area contributed by atoms with E-state index in [1.54, 1.807) is 13.0 Å². The van der Waals surface area contributed by atoms with Gasteiger partial charge in [0, 0.05) is 0 Å². The molecule has 0 amide bonds. The standard InChI is InChI=1S/C22H24F6/c1-12(2)19-10-16(11-20(15(19)5)22(26,27)28)8-13(3)18-7-6-17(9-14(18)4)21(23,24)25/h6-7,9-13H,8H2,1-5H3. The predicted octanol–water partition coefficient (Wildman–Crippen LogP) is 7.81. The van der Waals surface area contributed by atoms with Gasteiger partial charge in [-0.1, -0.05) is 32.9 Å². The fourth-order valence-electron chi connectivity index (χ4n) is 3.68. The van der Waals surface area contributed by atoms with Gasteiger partial charge in [0.05, 0.1) is 11.1 Å². The Morgan fingerprint density at radius 2 is 1.39 bits per heavy atom. The molecule has 0 N–H and O–H groups in total. The average Bonchev–Trinajstić information content (AvgIpc) is 2.53. The molecule has 2 aromatic carbocycles. The molecule has 0 fully saturated rings. The number of rotatable bonds is 4. The van der Waals surface area contributed by atoms with Crippen molar-refractivity contribution in [1.82, 2.24) is 0 Å². The third kappa shape index (κ3) is 4.89. The third-order valence-corrected chi connectivity index (χ3v) is 5.10. The summed E-state index contributed by atoms with van der Waals surface area (Å²) in [5.41, 5.74) is 1.21. The lowest BCUT2D eigenvalue weighted by Crippen LogP contribution is -2.12. The van der Waals surface area contributed by atoms with Crippen LogP contribution < -0.4 is 0 Å². The molecule has 0 aliphatic heterocycles. The number of hydrogen-bond donors (Lipinski definition) is 0. The summed E-state index contributed by atoms with van der Waals surface area (Å²) in [7, 11) is 0. The molecule has 1 unspecified atom stereocenters. The van der Waals surface area contributed by atoms with Gasteiger partial charge in [-0.05, 0) is 78.1 Å². The minimum Gasteiger partial charge on any atom is -0.166 e. The zero-order valence-corrected chi connectivity index (χ0v) is 16.5. The first-order chi connectivity index (χ1) is 12.7. The summed E-state index contributed by atoms with van der Waals surface area (Å²) in [6.07, 6.45) is -8.55. The van der Waals surface area contributed by atoms with Crippen molar-refractivity contribution in [3.63, 3.8) is 0 Å². The van der Waals surface area contributed by atoms with Crippen LogP contribution in [0.1, 0.15) is 71.6 Å². The van der Waals surface area contributed by atoms with Crippen LogP contribution in [0.2, 0.25) is 0 Å². The van der Waals surface area contributed by atoms with Crippen LogP contribution in [-0.4, -0.2) is 0 Å². The van der Waals surface area contributed by atoms with Gasteiger partial charge in [-0.2, -0.15) is 26.3 Å². The molecule has 0 saturated heterocycles. The van der Waals surface area contributed by atoms with E-state index in [1.165, 1.54) is 13.0 Å². The van der Waals surface area contributed by atoms with E-state index in [1.807, 2.05) is 20.8 Å². The summed E-state index contributed by atoms with van der Waals surface area (Å²) in [6, 6.07) is 6.48. The van der Waals surface area contributed by atoms with Crippen molar-refractivity contribution in [3.8, 4) is 0 Å². The van der Waals surface area contributed by atoms with Crippen LogP contribution in [0.4, 0.5) is 26.3 Å². The van der Waals surface area contributed by atoms with Crippen LogP contribution in [0.5, 0.6) is 0 Å². The lowest BCUT2D eigenvalue weighted by molar-refractivity contribution is -0.138. The van der Waals surface area contributed by atoms with Gasteiger partial charge in [-0.3, -0.25) is 0 Å². The summed E-state index contributed by atoms with van der Waals surface area (Å²) in [5.74, 6) is -0.282. The van der Waals surface area contributed by atoms with E-state index in [4.69, 9.17) is 0 Å². The second-order valence-electron chi connectivity index (χ2n) is 7.68. The van der Waals surface area contributed by atoms with E-state index < -0.39 is 23.5 Å². The lowest BCUT2D eigenvalue weighted by atomic mass is 9.86. The van der Waals surface area contributed by atoms with Gasteiger partial charge < -0.3 is 0 Å². The molecule has 0 spiro atoms. The molecule has 6 heteroatoms. The van der Waals surface area contributed by atoms with Crippen molar-refractivity contribution in [1.29, 1.82) is 0 Å². The summed E-state index contributed by atoms with van der Waals surface area (Å²) in [5, 5.41) is 0. The first kappa shape index (κ1) is 22.3. The van der Waals surface area contributed by atoms with E-state index in [-0.39, 0.29) is 17.4 Å². The molecule has 0 aliphatic carbocycles. The van der Waals surface area contributed by atoms with Crippen LogP contribution in [0.3, 0.4) is 0 Å². The van der Waals surface area contributed by atoms with Crippen LogP contribution in [0.25, 0.3) is 0 Å². The van der Waals surface area contributed by atoms with Crippen LogP contribution in [0, 0.1) is 13.8 Å². The number of alkyl halides is 6. The highest BCUT2D eigenvalue weighted by Gasteiger charge is 2.34. The SMILES string of the molecule is Cc1cc(C(F)(F)F)ccc1C(C)Cc1cc(C(C)C)c(C)c(C(F)(F)F)c1. The second-order valence-corrected chi connectivity index (χ2v) is 7.68. The average molecular weight is 402 g/mol. The molecule has 2 rings (SSSR count). The van der Waals surface area contributed by atoms with Crippen LogP contribution >= 0.6 is 0 Å². The molecule has 0 aliphatic rings. The molecular formula is C22H24F6. The van der Waals surface area contributed by atoms with Gasteiger partial charge in [0.1, 0.15) is 0 Å². The molecule has 1 atom stereocenters. The van der Waals surface area contributed by atoms with Crippen LogP contribution in [-0.2, 0) is 18.8 Å². The first-order valence-corrected chi connectivity index (χ1v) is 9.10. The van der Waals surface area contributed by atoms with E-state index in [0.29, 0.717) is 28.7 Å². The lowest BCUT2D eigenvalue weighted by Gasteiger charge is -2.21. The number of benzene rings is 2. The summed E-state index contributed by atoms with van der Waals surface area (Å²) < 4.78 is 78.9. The fraction of sp³-hybridized carbons (Fsp3) is 0.455. The molecule has 2 aromatic rings. The smallest absolute Gasteiger partial charge is 0.166 e. The van der Waals surface area contributed by atoms with Gasteiger partial charge >= 0.3 is 12.4 Å². The molecule has 154 valence electrons. The van der Waals surface area contributed by atoms with E-state index >= 15 is 0 Å². The van der Waals surface area contributed by atoms with Gasteiger partial charge in [-0.15, -0.1) is 0 Å². The number of hydrogen-bond acceptors (Lipinski definition) is 0. The Kier molecular flexibility index (Phi) is 6.22. The monoisotopic (exact) mass is 402 g/mol. The zero-order chi connectivity index (χ0) is 21.4. The number of halogens is 6. The minimum atomic E-state index is -4.45. The Labute approximate surface area is 161 Å². The quantitative estimate of drug-likeness (QED) is 0.458. The van der Waals surface area contributed by atoms with Gasteiger partial charge in [0.15, 0.2) is 0 Å². The highest BCUT2D eigenvalue weighted by Crippen LogP contribution is 2.38. The normalized spacial score (nSPS) is 13.9. The van der Waals surface area contributed by atoms with Crippen molar-refractivity contribution in [2.24, 2.45) is 0 Å². The van der Waals surface area contributed by atoms with Gasteiger partial charge in [-0.25, -0.2) is 0 Å². The molecule has 0 nitrogen and oxygen atoms in total. The maximum Gasteiger partial charge on any atom is 0.416 e. The van der Waals surface area contributed by atoms with Crippen molar-refractivity contribution in [2.75, 3.05) is 0 Å². The molecule has 0 radical (unpaired) electrons. The minimum absolute atomic E-state index is 0.0656. The summed E-state index contributed by atoms with van der Waals surface area (Å²) >= 11 is 0. The van der Waals surface area contributed by atoms with Crippen molar-refractivity contribution < 1.29 is 26.3 Å². The summed E-state index contributed by atoms with van der Waals surface area (Å²) in [4.78, 5) is 0. The third-order valence-electron chi connectivity index (χ3n) is 5.10. The van der Waals surface area contributed by atoms with E-state index in [9.17, 15) is 26.3 Å². The molecule has 0 saturated carbocycles. The summed E-state index contributed by atoms with van der Waals surface area (Å²) in [6.45, 7) is 8.57. The fourth-order valence-corrected chi connectivity index (χ4v) is 3.68. The molecule has 28 heavy (non-hydrogen) atoms. The molecule has 0 bridgehead atoms. The van der Waals surface area contributed by atoms with Crippen molar-refractivity contribution in [2.45, 2.75) is 65.2 Å². The second kappa shape index (κ2) is 7.80. The molecule has 0 heterocycles. The zero-order valence-electron chi connectivity index (χ0n) is 16.5. The van der Waals surface area contributed by atoms with Crippen molar-refractivity contribution >= 4 is 0 Å². The highest BCUT2D eigenvalue weighted by atomic mass is 19.4. The van der Waals surface area contributed by atoms with Crippen molar-refractivity contribution in [3.05, 3.63) is 69.3 Å². The Balaban J connectivity index is 2.41. The van der Waals surface area contributed by atoms with Gasteiger partial charge in [0.2, 0.25) is 0 Å². The maximum absolute atomic E-state index is 13.4. The first-order valence-electron chi connectivity index (χ1n) is 9.10. The Morgan fingerprint density at radius 1 is 0.786 bits per heavy atom. The topological polar surface area (TPSA) is 0 Å². The van der Waals surface area contributed by atoms with E-state index in [2.05, 4.69) is 0 Å². The van der Waals surface area contributed by atoms with E-state index in [0.717, 1.165) is 18.2 Å². The van der Waals surface area contributed by atoms with Crippen LogP contribution in [0.15, 0.2) is 30.3 Å². The largest absolute Gasteiger partial charge is 0.416 e. The Bertz CT molecular complexity index is 843. The highest BCUT2D eigenvalue weighted by molar-refractivity contribution is 5.43. The Morgan fingerprint density at radius 3 is 1.86 bits per heavy atom. The maximum atomic E-state index is 13.4. The molecule has 0 aromatic heterocycles. The molecular weight excluding hydrogens is 378 g/mol. The van der Waals surface area contributed by atoms with Gasteiger partial charge in [0.25, 0.3) is 0 Å².